The molecule has 0 unspecified atom stereocenters. The molecule has 0 aromatic heterocycles. The Morgan fingerprint density at radius 3 is 3.12 bits per heavy atom. The molecule has 1 aromatic rings. The zero-order valence-corrected chi connectivity index (χ0v) is 10.2. The van der Waals surface area contributed by atoms with Crippen molar-refractivity contribution in [2.24, 2.45) is 0 Å². The van der Waals surface area contributed by atoms with Crippen molar-refractivity contribution >= 4 is 11.6 Å². The molecule has 17 heavy (non-hydrogen) atoms. The number of amides is 1. The molecular weight excluding hydrogens is 212 g/mol. The van der Waals surface area contributed by atoms with E-state index in [2.05, 4.69) is 18.3 Å². The van der Waals surface area contributed by atoms with Gasteiger partial charge in [-0.25, -0.2) is 0 Å². The second-order valence-electron chi connectivity index (χ2n) is 5.04. The van der Waals surface area contributed by atoms with Crippen molar-refractivity contribution in [3.05, 3.63) is 29.3 Å². The molecule has 0 aliphatic carbocycles. The van der Waals surface area contributed by atoms with Crippen LogP contribution in [0.4, 0.5) is 5.69 Å². The summed E-state index contributed by atoms with van der Waals surface area (Å²) in [5, 5.41) is 3.32. The minimum atomic E-state index is 0.199. The predicted octanol–water partition coefficient (Wildman–Crippen LogP) is 2.28. The molecular formula is C14H18N2O. The Kier molecular flexibility index (Phi) is 2.54. The zero-order valence-electron chi connectivity index (χ0n) is 10.2. The molecule has 2 heterocycles. The number of rotatable bonds is 1. The number of nitrogens with zero attached hydrogens (tertiary/aromatic N) is 1. The minimum absolute atomic E-state index is 0.199. The first-order valence-corrected chi connectivity index (χ1v) is 6.43. The van der Waals surface area contributed by atoms with Crippen molar-refractivity contribution in [3.8, 4) is 0 Å². The van der Waals surface area contributed by atoms with Crippen LogP contribution in [-0.2, 0) is 6.42 Å². The van der Waals surface area contributed by atoms with Gasteiger partial charge in [0.1, 0.15) is 0 Å². The molecule has 0 spiro atoms. The van der Waals surface area contributed by atoms with Gasteiger partial charge >= 0.3 is 0 Å². The van der Waals surface area contributed by atoms with Crippen LogP contribution in [0.3, 0.4) is 0 Å². The summed E-state index contributed by atoms with van der Waals surface area (Å²) in [4.78, 5) is 14.4. The largest absolute Gasteiger partial charge is 0.384 e. The Hall–Kier alpha value is -1.51. The summed E-state index contributed by atoms with van der Waals surface area (Å²) in [5.74, 6) is 0.199. The Labute approximate surface area is 102 Å². The van der Waals surface area contributed by atoms with E-state index in [0.717, 1.165) is 37.9 Å². The average molecular weight is 230 g/mol. The van der Waals surface area contributed by atoms with Gasteiger partial charge in [-0.05, 0) is 49.9 Å². The molecule has 1 saturated heterocycles. The predicted molar refractivity (Wildman–Crippen MR) is 68.4 cm³/mol. The van der Waals surface area contributed by atoms with Gasteiger partial charge in [-0.3, -0.25) is 4.79 Å². The van der Waals surface area contributed by atoms with Crippen LogP contribution in [0.25, 0.3) is 0 Å². The third kappa shape index (κ3) is 1.79. The Bertz CT molecular complexity index is 456. The first-order chi connectivity index (χ1) is 8.25. The van der Waals surface area contributed by atoms with Gasteiger partial charge in [0.25, 0.3) is 5.91 Å². The van der Waals surface area contributed by atoms with Gasteiger partial charge in [0.05, 0.1) is 0 Å². The summed E-state index contributed by atoms with van der Waals surface area (Å²) in [7, 11) is 0. The molecule has 1 fully saturated rings. The topological polar surface area (TPSA) is 32.3 Å². The van der Waals surface area contributed by atoms with Crippen LogP contribution in [0.5, 0.6) is 0 Å². The maximum Gasteiger partial charge on any atom is 0.254 e. The normalized spacial score (nSPS) is 22.4. The first kappa shape index (κ1) is 10.6. The number of carbonyl (C=O) groups excluding carboxylic acids is 1. The van der Waals surface area contributed by atoms with E-state index in [9.17, 15) is 4.79 Å². The second-order valence-corrected chi connectivity index (χ2v) is 5.04. The van der Waals surface area contributed by atoms with Crippen LogP contribution in [-0.4, -0.2) is 29.9 Å². The highest BCUT2D eigenvalue weighted by Crippen LogP contribution is 2.25. The van der Waals surface area contributed by atoms with Gasteiger partial charge in [-0.1, -0.05) is 0 Å². The Balaban J connectivity index is 1.86. The summed E-state index contributed by atoms with van der Waals surface area (Å²) in [6.07, 6.45) is 3.31. The molecule has 3 nitrogen and oxygen atoms in total. The lowest BCUT2D eigenvalue weighted by Crippen LogP contribution is -2.33. The maximum atomic E-state index is 12.4. The molecule has 90 valence electrons. The van der Waals surface area contributed by atoms with Crippen LogP contribution in [0.15, 0.2) is 18.2 Å². The molecule has 1 atom stereocenters. The lowest BCUT2D eigenvalue weighted by Gasteiger charge is -2.21. The standard InChI is InChI=1S/C14H18N2O/c1-10-3-2-8-16(10)14(17)12-4-5-13-11(9-12)6-7-15-13/h4-5,9-10,15H,2-3,6-8H2,1H3/t10-/m0/s1. The number of hydrogen-bond donors (Lipinski definition) is 1. The number of likely N-dealkylation sites (tertiary alicyclic amines) is 1. The Morgan fingerprint density at radius 1 is 1.47 bits per heavy atom. The van der Waals surface area contributed by atoms with Crippen LogP contribution in [0, 0.1) is 0 Å². The van der Waals surface area contributed by atoms with Crippen molar-refractivity contribution in [1.82, 2.24) is 4.90 Å². The number of benzene rings is 1. The monoisotopic (exact) mass is 230 g/mol. The van der Waals surface area contributed by atoms with E-state index in [1.807, 2.05) is 17.0 Å². The number of nitrogens with one attached hydrogen (secondary N) is 1. The lowest BCUT2D eigenvalue weighted by molar-refractivity contribution is 0.0747. The summed E-state index contributed by atoms with van der Waals surface area (Å²) in [6, 6.07) is 6.44. The quantitative estimate of drug-likeness (QED) is 0.802. The van der Waals surface area contributed by atoms with E-state index >= 15 is 0 Å². The van der Waals surface area contributed by atoms with Gasteiger partial charge in [-0.15, -0.1) is 0 Å². The van der Waals surface area contributed by atoms with Gasteiger partial charge in [0.15, 0.2) is 0 Å². The smallest absolute Gasteiger partial charge is 0.254 e. The Morgan fingerprint density at radius 2 is 2.35 bits per heavy atom. The summed E-state index contributed by atoms with van der Waals surface area (Å²) in [5.41, 5.74) is 3.32. The number of anilines is 1. The summed E-state index contributed by atoms with van der Waals surface area (Å²) in [6.45, 7) is 4.04. The number of carbonyl (C=O) groups is 1. The van der Waals surface area contributed by atoms with E-state index in [0.29, 0.717) is 6.04 Å². The molecule has 0 saturated carbocycles. The highest BCUT2D eigenvalue weighted by molar-refractivity contribution is 5.95. The minimum Gasteiger partial charge on any atom is -0.384 e. The highest BCUT2D eigenvalue weighted by Gasteiger charge is 2.26. The van der Waals surface area contributed by atoms with Crippen LogP contribution in [0.2, 0.25) is 0 Å². The molecule has 0 radical (unpaired) electrons. The van der Waals surface area contributed by atoms with Gasteiger partial charge in [0.2, 0.25) is 0 Å². The molecule has 1 N–H and O–H groups in total. The maximum absolute atomic E-state index is 12.4. The summed E-state index contributed by atoms with van der Waals surface area (Å²) >= 11 is 0. The van der Waals surface area contributed by atoms with Crippen molar-refractivity contribution in [2.45, 2.75) is 32.2 Å². The zero-order chi connectivity index (χ0) is 11.8. The van der Waals surface area contributed by atoms with Crippen molar-refractivity contribution in [1.29, 1.82) is 0 Å². The number of fused-ring (bicyclic) bond motifs is 1. The number of hydrogen-bond acceptors (Lipinski definition) is 2. The highest BCUT2D eigenvalue weighted by atomic mass is 16.2. The fourth-order valence-electron chi connectivity index (χ4n) is 2.84. The van der Waals surface area contributed by atoms with Crippen molar-refractivity contribution in [3.63, 3.8) is 0 Å². The average Bonchev–Trinajstić information content (AvgIpc) is 2.95. The molecule has 1 aromatic carbocycles. The van der Waals surface area contributed by atoms with Crippen LogP contribution < -0.4 is 5.32 Å². The van der Waals surface area contributed by atoms with Gasteiger partial charge < -0.3 is 10.2 Å². The van der Waals surface area contributed by atoms with Crippen molar-refractivity contribution < 1.29 is 4.79 Å². The lowest BCUT2D eigenvalue weighted by atomic mass is 10.1. The summed E-state index contributed by atoms with van der Waals surface area (Å²) < 4.78 is 0. The molecule has 1 amide bonds. The van der Waals surface area contributed by atoms with E-state index < -0.39 is 0 Å². The molecule has 3 heteroatoms. The van der Waals surface area contributed by atoms with E-state index in [4.69, 9.17) is 0 Å². The van der Waals surface area contributed by atoms with E-state index in [1.54, 1.807) is 0 Å². The van der Waals surface area contributed by atoms with Gasteiger partial charge in [-0.2, -0.15) is 0 Å². The second kappa shape index (κ2) is 4.06. The molecule has 2 aliphatic heterocycles. The third-order valence-electron chi connectivity index (χ3n) is 3.88. The van der Waals surface area contributed by atoms with E-state index in [1.165, 1.54) is 11.3 Å². The fourth-order valence-corrected chi connectivity index (χ4v) is 2.84. The van der Waals surface area contributed by atoms with Crippen LogP contribution >= 0.6 is 0 Å². The van der Waals surface area contributed by atoms with Crippen molar-refractivity contribution in [2.75, 3.05) is 18.4 Å². The SMILES string of the molecule is C[C@H]1CCCN1C(=O)c1ccc2c(c1)CCN2. The first-order valence-electron chi connectivity index (χ1n) is 6.43. The fraction of sp³-hybridized carbons (Fsp3) is 0.500. The van der Waals surface area contributed by atoms with E-state index in [-0.39, 0.29) is 5.91 Å². The van der Waals surface area contributed by atoms with Crippen LogP contribution in [0.1, 0.15) is 35.7 Å². The van der Waals surface area contributed by atoms with Gasteiger partial charge in [0, 0.05) is 30.4 Å². The molecule has 3 rings (SSSR count). The molecule has 0 bridgehead atoms. The molecule has 2 aliphatic rings. The third-order valence-corrected chi connectivity index (χ3v) is 3.88.